The molecule has 0 aromatic heterocycles. The molecular formula is C18H24N2. The second-order valence-electron chi connectivity index (χ2n) is 5.10. The molecule has 20 heavy (non-hydrogen) atoms. The minimum Gasteiger partial charge on any atom is -0.302 e. The van der Waals surface area contributed by atoms with E-state index in [4.69, 9.17) is 0 Å². The first-order chi connectivity index (χ1) is 9.84. The van der Waals surface area contributed by atoms with Crippen LogP contribution in [0.2, 0.25) is 0 Å². The standard InChI is InChI=1S/C18H24N2/c1-16(19-14-12-17-8-4-2-5-9-17)20-15-13-18-10-6-3-7-11-18/h2-11,16,19-20H,12-15H2,1H3. The zero-order valence-electron chi connectivity index (χ0n) is 12.2. The van der Waals surface area contributed by atoms with Gasteiger partial charge in [-0.25, -0.2) is 0 Å². The summed E-state index contributed by atoms with van der Waals surface area (Å²) >= 11 is 0. The Morgan fingerprint density at radius 1 is 0.700 bits per heavy atom. The summed E-state index contributed by atoms with van der Waals surface area (Å²) in [4.78, 5) is 0. The van der Waals surface area contributed by atoms with Crippen LogP contribution < -0.4 is 10.6 Å². The quantitative estimate of drug-likeness (QED) is 0.719. The highest BCUT2D eigenvalue weighted by Crippen LogP contribution is 1.99. The van der Waals surface area contributed by atoms with Gasteiger partial charge in [-0.1, -0.05) is 60.7 Å². The average Bonchev–Trinajstić information content (AvgIpc) is 2.49. The zero-order valence-corrected chi connectivity index (χ0v) is 12.2. The van der Waals surface area contributed by atoms with Gasteiger partial charge in [-0.15, -0.1) is 0 Å². The highest BCUT2D eigenvalue weighted by molar-refractivity contribution is 5.15. The molecule has 0 heterocycles. The van der Waals surface area contributed by atoms with Gasteiger partial charge >= 0.3 is 0 Å². The summed E-state index contributed by atoms with van der Waals surface area (Å²) in [6.45, 7) is 4.18. The van der Waals surface area contributed by atoms with Crippen molar-refractivity contribution in [3.63, 3.8) is 0 Å². The van der Waals surface area contributed by atoms with Crippen LogP contribution in [-0.2, 0) is 12.8 Å². The van der Waals surface area contributed by atoms with Crippen molar-refractivity contribution >= 4 is 0 Å². The van der Waals surface area contributed by atoms with Gasteiger partial charge in [0.2, 0.25) is 0 Å². The van der Waals surface area contributed by atoms with Crippen LogP contribution in [0.3, 0.4) is 0 Å². The van der Waals surface area contributed by atoms with E-state index in [-0.39, 0.29) is 0 Å². The second-order valence-corrected chi connectivity index (χ2v) is 5.10. The van der Waals surface area contributed by atoms with Crippen LogP contribution in [0, 0.1) is 0 Å². The largest absolute Gasteiger partial charge is 0.302 e. The maximum absolute atomic E-state index is 3.51. The maximum atomic E-state index is 3.51. The van der Waals surface area contributed by atoms with Crippen LogP contribution in [-0.4, -0.2) is 19.3 Å². The van der Waals surface area contributed by atoms with Crippen LogP contribution in [0.1, 0.15) is 18.1 Å². The maximum Gasteiger partial charge on any atom is 0.0542 e. The molecule has 0 saturated carbocycles. The first kappa shape index (κ1) is 14.8. The number of rotatable bonds is 8. The van der Waals surface area contributed by atoms with Gasteiger partial charge in [0.1, 0.15) is 0 Å². The smallest absolute Gasteiger partial charge is 0.0542 e. The Kier molecular flexibility index (Phi) is 6.28. The van der Waals surface area contributed by atoms with E-state index in [1.807, 2.05) is 0 Å². The molecule has 0 radical (unpaired) electrons. The van der Waals surface area contributed by atoms with Gasteiger partial charge in [-0.05, 0) is 30.9 Å². The van der Waals surface area contributed by atoms with Crippen molar-refractivity contribution < 1.29 is 0 Å². The summed E-state index contributed by atoms with van der Waals surface area (Å²) in [6, 6.07) is 21.2. The Morgan fingerprint density at radius 3 is 1.50 bits per heavy atom. The third-order valence-corrected chi connectivity index (χ3v) is 3.41. The fourth-order valence-corrected chi connectivity index (χ4v) is 2.23. The van der Waals surface area contributed by atoms with Crippen molar-refractivity contribution in [3.8, 4) is 0 Å². The van der Waals surface area contributed by atoms with E-state index < -0.39 is 0 Å². The summed E-state index contributed by atoms with van der Waals surface area (Å²) in [6.07, 6.45) is 2.50. The lowest BCUT2D eigenvalue weighted by Gasteiger charge is -2.15. The van der Waals surface area contributed by atoms with Crippen molar-refractivity contribution in [1.82, 2.24) is 10.6 Å². The van der Waals surface area contributed by atoms with Gasteiger partial charge < -0.3 is 10.6 Å². The van der Waals surface area contributed by atoms with Crippen LogP contribution in [0.5, 0.6) is 0 Å². The van der Waals surface area contributed by atoms with Crippen molar-refractivity contribution in [3.05, 3.63) is 71.8 Å². The molecule has 0 amide bonds. The first-order valence-corrected chi connectivity index (χ1v) is 7.39. The normalized spacial score (nSPS) is 10.9. The summed E-state index contributed by atoms with van der Waals surface area (Å²) in [7, 11) is 0. The summed E-state index contributed by atoms with van der Waals surface area (Å²) in [5, 5.41) is 7.01. The zero-order chi connectivity index (χ0) is 14.0. The molecule has 2 heteroatoms. The fraction of sp³-hybridized carbons (Fsp3) is 0.333. The Hall–Kier alpha value is -1.64. The Bertz CT molecular complexity index is 422. The predicted octanol–water partition coefficient (Wildman–Crippen LogP) is 3.00. The third-order valence-electron chi connectivity index (χ3n) is 3.41. The molecule has 0 bridgehead atoms. The molecule has 2 aromatic rings. The molecule has 0 saturated heterocycles. The summed E-state index contributed by atoms with van der Waals surface area (Å²) in [5.74, 6) is 0. The molecule has 0 fully saturated rings. The van der Waals surface area contributed by atoms with Gasteiger partial charge in [0.25, 0.3) is 0 Å². The van der Waals surface area contributed by atoms with E-state index >= 15 is 0 Å². The lowest BCUT2D eigenvalue weighted by atomic mass is 10.1. The lowest BCUT2D eigenvalue weighted by molar-refractivity contribution is 0.459. The van der Waals surface area contributed by atoms with E-state index in [0.29, 0.717) is 6.17 Å². The topological polar surface area (TPSA) is 24.1 Å². The van der Waals surface area contributed by atoms with Crippen molar-refractivity contribution in [2.24, 2.45) is 0 Å². The van der Waals surface area contributed by atoms with Gasteiger partial charge in [-0.2, -0.15) is 0 Å². The SMILES string of the molecule is CC(NCCc1ccccc1)NCCc1ccccc1. The molecule has 0 aliphatic carbocycles. The molecule has 0 aliphatic rings. The van der Waals surface area contributed by atoms with E-state index in [9.17, 15) is 0 Å². The van der Waals surface area contributed by atoms with Gasteiger partial charge in [0.15, 0.2) is 0 Å². The molecule has 0 aliphatic heterocycles. The Morgan fingerprint density at radius 2 is 1.10 bits per heavy atom. The van der Waals surface area contributed by atoms with Crippen LogP contribution in [0.15, 0.2) is 60.7 Å². The fourth-order valence-electron chi connectivity index (χ4n) is 2.23. The molecule has 0 atom stereocenters. The van der Waals surface area contributed by atoms with Crippen molar-refractivity contribution in [1.29, 1.82) is 0 Å². The molecule has 2 rings (SSSR count). The van der Waals surface area contributed by atoms with Gasteiger partial charge in [-0.3, -0.25) is 0 Å². The molecule has 2 nitrogen and oxygen atoms in total. The highest BCUT2D eigenvalue weighted by Gasteiger charge is 2.00. The summed E-state index contributed by atoms with van der Waals surface area (Å²) < 4.78 is 0. The molecule has 106 valence electrons. The summed E-state index contributed by atoms with van der Waals surface area (Å²) in [5.41, 5.74) is 2.77. The van der Waals surface area contributed by atoms with Crippen molar-refractivity contribution in [2.75, 3.05) is 13.1 Å². The molecule has 0 unspecified atom stereocenters. The predicted molar refractivity (Wildman–Crippen MR) is 85.8 cm³/mol. The molecule has 0 spiro atoms. The Labute approximate surface area is 122 Å². The minimum atomic E-state index is 0.349. The number of benzene rings is 2. The van der Waals surface area contributed by atoms with Crippen LogP contribution in [0.25, 0.3) is 0 Å². The monoisotopic (exact) mass is 268 g/mol. The second kappa shape index (κ2) is 8.51. The molecular weight excluding hydrogens is 244 g/mol. The first-order valence-electron chi connectivity index (χ1n) is 7.39. The molecule has 2 N–H and O–H groups in total. The number of hydrogen-bond acceptors (Lipinski definition) is 2. The number of nitrogens with one attached hydrogen (secondary N) is 2. The van der Waals surface area contributed by atoms with E-state index in [0.717, 1.165) is 25.9 Å². The highest BCUT2D eigenvalue weighted by atomic mass is 15.1. The van der Waals surface area contributed by atoms with E-state index in [1.165, 1.54) is 11.1 Å². The van der Waals surface area contributed by atoms with Crippen LogP contribution >= 0.6 is 0 Å². The number of hydrogen-bond donors (Lipinski definition) is 2. The van der Waals surface area contributed by atoms with Gasteiger partial charge in [0.05, 0.1) is 6.17 Å². The van der Waals surface area contributed by atoms with E-state index in [2.05, 4.69) is 78.2 Å². The van der Waals surface area contributed by atoms with Crippen molar-refractivity contribution in [2.45, 2.75) is 25.9 Å². The third kappa shape index (κ3) is 5.55. The lowest BCUT2D eigenvalue weighted by Crippen LogP contribution is -2.41. The Balaban J connectivity index is 1.58. The van der Waals surface area contributed by atoms with Gasteiger partial charge in [0, 0.05) is 13.1 Å². The average molecular weight is 268 g/mol. The van der Waals surface area contributed by atoms with Crippen LogP contribution in [0.4, 0.5) is 0 Å². The van der Waals surface area contributed by atoms with E-state index in [1.54, 1.807) is 0 Å². The molecule has 2 aromatic carbocycles. The minimum absolute atomic E-state index is 0.349.